The molecule has 0 aromatic carbocycles. The highest BCUT2D eigenvalue weighted by Crippen LogP contribution is 2.38. The minimum absolute atomic E-state index is 0. The van der Waals surface area contributed by atoms with Crippen LogP contribution in [-0.4, -0.2) is 11.7 Å². The van der Waals surface area contributed by atoms with Crippen molar-refractivity contribution in [3.8, 4) is 19.5 Å². The Kier molecular flexibility index (Phi) is 4.93. The molecule has 3 aromatic rings. The lowest BCUT2D eigenvalue weighted by Gasteiger charge is -1.91. The highest BCUT2D eigenvalue weighted by atomic mass is 32.1. The van der Waals surface area contributed by atoms with Crippen molar-refractivity contribution in [3.63, 3.8) is 0 Å². The largest absolute Gasteiger partial charge is 0.396 e. The second-order valence-corrected chi connectivity index (χ2v) is 7.08. The van der Waals surface area contributed by atoms with Gasteiger partial charge >= 0.3 is 0 Å². The Balaban J connectivity index is 0.00000133. The minimum Gasteiger partial charge on any atom is -0.396 e. The summed E-state index contributed by atoms with van der Waals surface area (Å²) in [6.07, 6.45) is 0.758. The Bertz CT molecular complexity index is 619. The maximum Gasteiger partial charge on any atom is 0.0479 e. The Hall–Kier alpha value is -0.940. The quantitative estimate of drug-likeness (QED) is 0.686. The van der Waals surface area contributed by atoms with E-state index < -0.39 is 0 Å². The lowest BCUT2D eigenvalue weighted by molar-refractivity contribution is 0.300. The highest BCUT2D eigenvalue weighted by Gasteiger charge is 2.07. The third kappa shape index (κ3) is 3.15. The van der Waals surface area contributed by atoms with Crippen LogP contribution in [0.5, 0.6) is 0 Å². The molecule has 1 N–H and O–H groups in total. The molecule has 100 valence electrons. The molecule has 0 unspecified atom stereocenters. The van der Waals surface area contributed by atoms with Gasteiger partial charge in [0.2, 0.25) is 0 Å². The Morgan fingerprint density at radius 2 is 1.53 bits per heavy atom. The van der Waals surface area contributed by atoms with Gasteiger partial charge in [-0.05, 0) is 35.7 Å². The van der Waals surface area contributed by atoms with Gasteiger partial charge in [0.25, 0.3) is 0 Å². The molecule has 0 aliphatic rings. The molecule has 4 heteroatoms. The zero-order valence-electron chi connectivity index (χ0n) is 9.63. The molecule has 1 nitrogen and oxygen atoms in total. The fourth-order valence-electron chi connectivity index (χ4n) is 1.78. The topological polar surface area (TPSA) is 20.2 Å². The Labute approximate surface area is 125 Å². The predicted molar refractivity (Wildman–Crippen MR) is 88.5 cm³/mol. The number of hydrogen-bond donors (Lipinski definition) is 1. The van der Waals surface area contributed by atoms with Crippen molar-refractivity contribution in [1.29, 1.82) is 0 Å². The van der Waals surface area contributed by atoms with Gasteiger partial charge in [-0.15, -0.1) is 34.0 Å². The molecule has 3 rings (SSSR count). The lowest BCUT2D eigenvalue weighted by Crippen LogP contribution is -1.84. The van der Waals surface area contributed by atoms with Gasteiger partial charge in [-0.1, -0.05) is 13.5 Å². The van der Waals surface area contributed by atoms with Crippen LogP contribution in [0.15, 0.2) is 41.8 Å². The van der Waals surface area contributed by atoms with Crippen LogP contribution in [0, 0.1) is 0 Å². The van der Waals surface area contributed by atoms with Gasteiger partial charge in [0.05, 0.1) is 0 Å². The lowest BCUT2D eigenvalue weighted by atomic mass is 10.3. The van der Waals surface area contributed by atoms with E-state index >= 15 is 0 Å². The minimum atomic E-state index is 0. The first-order chi connectivity index (χ1) is 8.86. The van der Waals surface area contributed by atoms with Crippen molar-refractivity contribution in [1.82, 2.24) is 0 Å². The summed E-state index contributed by atoms with van der Waals surface area (Å²) in [4.78, 5) is 6.52. The molecule has 3 heterocycles. The molecule has 0 bridgehead atoms. The number of aliphatic hydroxyl groups excluding tert-OH is 1. The number of thiophene rings is 3. The van der Waals surface area contributed by atoms with Crippen molar-refractivity contribution in [2.75, 3.05) is 6.61 Å². The number of aliphatic hydroxyl groups is 1. The van der Waals surface area contributed by atoms with Gasteiger partial charge in [-0.3, -0.25) is 0 Å². The van der Waals surface area contributed by atoms with E-state index in [0.717, 1.165) is 6.42 Å². The van der Waals surface area contributed by atoms with Crippen LogP contribution in [0.1, 0.15) is 12.3 Å². The first kappa shape index (κ1) is 14.5. The van der Waals surface area contributed by atoms with E-state index in [9.17, 15) is 0 Å². The maximum atomic E-state index is 8.94. The van der Waals surface area contributed by atoms with E-state index in [4.69, 9.17) is 5.11 Å². The fraction of sp³-hybridized carbons (Fsp3) is 0.200. The van der Waals surface area contributed by atoms with E-state index in [2.05, 4.69) is 41.8 Å². The third-order valence-electron chi connectivity index (χ3n) is 2.63. The van der Waals surface area contributed by atoms with Crippen LogP contribution in [-0.2, 0) is 6.42 Å². The van der Waals surface area contributed by atoms with Gasteiger partial charge in [-0.2, -0.15) is 0 Å². The van der Waals surface area contributed by atoms with Gasteiger partial charge in [0.1, 0.15) is 0 Å². The predicted octanol–water partition coefficient (Wildman–Crippen LogP) is 5.38. The molecule has 0 spiro atoms. The fourth-order valence-corrected chi connectivity index (χ4v) is 4.70. The molecule has 0 atom stereocenters. The van der Waals surface area contributed by atoms with E-state index in [-0.39, 0.29) is 14.0 Å². The zero-order valence-corrected chi connectivity index (χ0v) is 12.1. The van der Waals surface area contributed by atoms with Gasteiger partial charge < -0.3 is 5.11 Å². The van der Waals surface area contributed by atoms with Crippen molar-refractivity contribution >= 4 is 34.0 Å². The first-order valence-corrected chi connectivity index (χ1v) is 8.22. The smallest absolute Gasteiger partial charge is 0.0479 e. The van der Waals surface area contributed by atoms with Crippen LogP contribution in [0.4, 0.5) is 0 Å². The van der Waals surface area contributed by atoms with E-state index in [0.29, 0.717) is 0 Å². The SMILES string of the molecule is C.OCCc1ccc(-c2ccc(-c3cccs3)s2)s1. The number of hydrogen-bond acceptors (Lipinski definition) is 4. The van der Waals surface area contributed by atoms with Crippen molar-refractivity contribution in [3.05, 3.63) is 46.7 Å². The van der Waals surface area contributed by atoms with E-state index in [1.165, 1.54) is 24.4 Å². The molecule has 3 aromatic heterocycles. The summed E-state index contributed by atoms with van der Waals surface area (Å²) in [6, 6.07) is 12.9. The summed E-state index contributed by atoms with van der Waals surface area (Å²) in [5.74, 6) is 0. The average molecular weight is 308 g/mol. The van der Waals surface area contributed by atoms with Gasteiger partial charge in [0.15, 0.2) is 0 Å². The first-order valence-electron chi connectivity index (χ1n) is 5.70. The maximum absolute atomic E-state index is 8.94. The van der Waals surface area contributed by atoms with E-state index in [1.807, 2.05) is 11.3 Å². The van der Waals surface area contributed by atoms with Crippen LogP contribution in [0.3, 0.4) is 0 Å². The summed E-state index contributed by atoms with van der Waals surface area (Å²) in [5.41, 5.74) is 0. The monoisotopic (exact) mass is 308 g/mol. The molecular formula is C15H16OS3. The van der Waals surface area contributed by atoms with Crippen LogP contribution in [0.2, 0.25) is 0 Å². The van der Waals surface area contributed by atoms with Crippen LogP contribution >= 0.6 is 34.0 Å². The van der Waals surface area contributed by atoms with E-state index in [1.54, 1.807) is 22.7 Å². The van der Waals surface area contributed by atoms with Crippen molar-refractivity contribution in [2.45, 2.75) is 13.8 Å². The molecule has 0 amide bonds. The zero-order chi connectivity index (χ0) is 12.4. The second kappa shape index (κ2) is 6.48. The molecular weight excluding hydrogens is 292 g/mol. The summed E-state index contributed by atoms with van der Waals surface area (Å²) >= 11 is 5.39. The number of rotatable bonds is 4. The van der Waals surface area contributed by atoms with Crippen LogP contribution in [0.25, 0.3) is 19.5 Å². The molecule has 0 saturated carbocycles. The summed E-state index contributed by atoms with van der Waals surface area (Å²) in [7, 11) is 0. The van der Waals surface area contributed by atoms with Crippen molar-refractivity contribution < 1.29 is 5.11 Å². The average Bonchev–Trinajstić information content (AvgIpc) is 3.10. The summed E-state index contributed by atoms with van der Waals surface area (Å²) < 4.78 is 0. The van der Waals surface area contributed by atoms with Gasteiger partial charge in [0, 0.05) is 37.4 Å². The molecule has 19 heavy (non-hydrogen) atoms. The Morgan fingerprint density at radius 3 is 2.21 bits per heavy atom. The molecule has 0 aliphatic heterocycles. The molecule has 0 saturated heterocycles. The second-order valence-electron chi connectivity index (χ2n) is 3.88. The summed E-state index contributed by atoms with van der Waals surface area (Å²) in [6.45, 7) is 0.227. The summed E-state index contributed by atoms with van der Waals surface area (Å²) in [5, 5.41) is 11.0. The highest BCUT2D eigenvalue weighted by molar-refractivity contribution is 7.26. The van der Waals surface area contributed by atoms with Crippen molar-refractivity contribution in [2.24, 2.45) is 0 Å². The van der Waals surface area contributed by atoms with Gasteiger partial charge in [-0.25, -0.2) is 0 Å². The molecule has 0 fully saturated rings. The molecule has 0 aliphatic carbocycles. The Morgan fingerprint density at radius 1 is 0.842 bits per heavy atom. The third-order valence-corrected chi connectivity index (χ3v) is 6.12. The normalized spacial score (nSPS) is 10.4. The standard InChI is InChI=1S/C14H12OS3.CH4/c15-8-7-10-3-4-13(17-10)14-6-5-12(18-14)11-2-1-9-16-11;/h1-6,9,15H,7-8H2;1H4. The molecule has 0 radical (unpaired) electrons. The van der Waals surface area contributed by atoms with Crippen LogP contribution < -0.4 is 0 Å².